The third-order valence-electron chi connectivity index (χ3n) is 4.75. The van der Waals surface area contributed by atoms with Crippen LogP contribution in [0.4, 0.5) is 0 Å². The van der Waals surface area contributed by atoms with Crippen LogP contribution >= 0.6 is 0 Å². The van der Waals surface area contributed by atoms with E-state index in [1.54, 1.807) is 12.0 Å². The van der Waals surface area contributed by atoms with Crippen molar-refractivity contribution in [2.75, 3.05) is 33.4 Å². The molecule has 140 valence electrons. The number of carboxylic acid groups (broad SMARTS) is 1. The number of carbonyl (C=O) groups excluding carboxylic acids is 2. The second-order valence-electron chi connectivity index (χ2n) is 6.51. The number of hydrogen-bond acceptors (Lipinski definition) is 5. The van der Waals surface area contributed by atoms with E-state index in [1.165, 1.54) is 4.90 Å². The minimum Gasteiger partial charge on any atom is -0.497 e. The van der Waals surface area contributed by atoms with Crippen molar-refractivity contribution >= 4 is 17.8 Å². The number of rotatable bonds is 5. The average Bonchev–Trinajstić information content (AvgIpc) is 3.02. The Labute approximate surface area is 151 Å². The van der Waals surface area contributed by atoms with Gasteiger partial charge < -0.3 is 24.4 Å². The van der Waals surface area contributed by atoms with E-state index >= 15 is 0 Å². The SMILES string of the molecule is COc1ccc(CN2CC(C(=O)N3CCOC(C(=O)O)C3)CC2=O)cc1. The summed E-state index contributed by atoms with van der Waals surface area (Å²) in [5.41, 5.74) is 0.963. The number of morpholine rings is 1. The molecule has 26 heavy (non-hydrogen) atoms. The van der Waals surface area contributed by atoms with Gasteiger partial charge in [-0.25, -0.2) is 4.79 Å². The number of ether oxygens (including phenoxy) is 2. The Bertz CT molecular complexity index is 689. The summed E-state index contributed by atoms with van der Waals surface area (Å²) in [6.45, 7) is 1.36. The second kappa shape index (κ2) is 7.74. The van der Waals surface area contributed by atoms with E-state index in [1.807, 2.05) is 24.3 Å². The highest BCUT2D eigenvalue weighted by Crippen LogP contribution is 2.24. The predicted molar refractivity (Wildman–Crippen MR) is 90.5 cm³/mol. The van der Waals surface area contributed by atoms with E-state index in [-0.39, 0.29) is 31.4 Å². The molecule has 0 saturated carbocycles. The molecule has 0 aromatic heterocycles. The number of hydrogen-bond donors (Lipinski definition) is 1. The summed E-state index contributed by atoms with van der Waals surface area (Å²) in [5.74, 6) is -1.01. The van der Waals surface area contributed by atoms with Gasteiger partial charge in [-0.2, -0.15) is 0 Å². The molecule has 2 aliphatic heterocycles. The summed E-state index contributed by atoms with van der Waals surface area (Å²) in [6, 6.07) is 7.44. The predicted octanol–water partition coefficient (Wildman–Crippen LogP) is 0.356. The molecule has 0 spiro atoms. The molecule has 2 atom stereocenters. The van der Waals surface area contributed by atoms with Crippen molar-refractivity contribution in [2.24, 2.45) is 5.92 Å². The lowest BCUT2D eigenvalue weighted by atomic mass is 10.1. The topological polar surface area (TPSA) is 96.4 Å². The summed E-state index contributed by atoms with van der Waals surface area (Å²) in [4.78, 5) is 39.2. The third-order valence-corrected chi connectivity index (χ3v) is 4.75. The first-order valence-corrected chi connectivity index (χ1v) is 8.52. The van der Waals surface area contributed by atoms with Gasteiger partial charge in [-0.3, -0.25) is 9.59 Å². The third kappa shape index (κ3) is 3.96. The zero-order chi connectivity index (χ0) is 18.7. The second-order valence-corrected chi connectivity index (χ2v) is 6.51. The van der Waals surface area contributed by atoms with Crippen molar-refractivity contribution in [3.63, 3.8) is 0 Å². The molecule has 0 aliphatic carbocycles. The van der Waals surface area contributed by atoms with Gasteiger partial charge in [-0.15, -0.1) is 0 Å². The van der Waals surface area contributed by atoms with Crippen LogP contribution in [0.5, 0.6) is 5.75 Å². The van der Waals surface area contributed by atoms with Gasteiger partial charge in [0.15, 0.2) is 6.10 Å². The molecular weight excluding hydrogens is 340 g/mol. The number of amides is 2. The van der Waals surface area contributed by atoms with Crippen LogP contribution in [0.1, 0.15) is 12.0 Å². The molecule has 3 rings (SSSR count). The number of carbonyl (C=O) groups is 3. The van der Waals surface area contributed by atoms with Crippen molar-refractivity contribution in [1.29, 1.82) is 0 Å². The molecule has 2 amide bonds. The molecule has 0 bridgehead atoms. The maximum absolute atomic E-state index is 12.7. The highest BCUT2D eigenvalue weighted by atomic mass is 16.5. The van der Waals surface area contributed by atoms with Gasteiger partial charge in [-0.05, 0) is 17.7 Å². The zero-order valence-corrected chi connectivity index (χ0v) is 14.6. The Morgan fingerprint density at radius 3 is 2.65 bits per heavy atom. The van der Waals surface area contributed by atoms with E-state index in [4.69, 9.17) is 14.6 Å². The van der Waals surface area contributed by atoms with Crippen LogP contribution in [-0.4, -0.2) is 72.1 Å². The Hall–Kier alpha value is -2.61. The number of benzene rings is 1. The van der Waals surface area contributed by atoms with Crippen molar-refractivity contribution in [3.8, 4) is 5.75 Å². The summed E-state index contributed by atoms with van der Waals surface area (Å²) in [5, 5.41) is 9.05. The van der Waals surface area contributed by atoms with Crippen molar-refractivity contribution < 1.29 is 29.0 Å². The van der Waals surface area contributed by atoms with E-state index in [0.717, 1.165) is 11.3 Å². The maximum atomic E-state index is 12.7. The molecule has 2 aliphatic rings. The molecular formula is C18H22N2O6. The molecule has 8 nitrogen and oxygen atoms in total. The first-order chi connectivity index (χ1) is 12.5. The van der Waals surface area contributed by atoms with Gasteiger partial charge in [0.2, 0.25) is 11.8 Å². The molecule has 2 heterocycles. The first kappa shape index (κ1) is 18.2. The summed E-state index contributed by atoms with van der Waals surface area (Å²) < 4.78 is 10.3. The van der Waals surface area contributed by atoms with Crippen molar-refractivity contribution in [3.05, 3.63) is 29.8 Å². The van der Waals surface area contributed by atoms with Gasteiger partial charge >= 0.3 is 5.97 Å². The highest BCUT2D eigenvalue weighted by Gasteiger charge is 2.38. The quantitative estimate of drug-likeness (QED) is 0.812. The van der Waals surface area contributed by atoms with Gasteiger partial charge in [0.25, 0.3) is 0 Å². The largest absolute Gasteiger partial charge is 0.497 e. The Morgan fingerprint density at radius 2 is 2.00 bits per heavy atom. The van der Waals surface area contributed by atoms with E-state index in [9.17, 15) is 14.4 Å². The fraction of sp³-hybridized carbons (Fsp3) is 0.500. The van der Waals surface area contributed by atoms with E-state index in [0.29, 0.717) is 19.6 Å². The van der Waals surface area contributed by atoms with E-state index in [2.05, 4.69) is 0 Å². The maximum Gasteiger partial charge on any atom is 0.334 e. The Morgan fingerprint density at radius 1 is 1.27 bits per heavy atom. The van der Waals surface area contributed by atoms with Crippen LogP contribution in [0.25, 0.3) is 0 Å². The number of methoxy groups -OCH3 is 1. The molecule has 1 aromatic rings. The monoisotopic (exact) mass is 362 g/mol. The van der Waals surface area contributed by atoms with Gasteiger partial charge in [-0.1, -0.05) is 12.1 Å². The van der Waals surface area contributed by atoms with Crippen LogP contribution in [0, 0.1) is 5.92 Å². The molecule has 2 unspecified atom stereocenters. The summed E-state index contributed by atoms with van der Waals surface area (Å²) >= 11 is 0. The molecule has 2 fully saturated rings. The van der Waals surface area contributed by atoms with Crippen LogP contribution in [0.2, 0.25) is 0 Å². The fourth-order valence-electron chi connectivity index (χ4n) is 3.30. The van der Waals surface area contributed by atoms with Crippen LogP contribution in [-0.2, 0) is 25.7 Å². The number of carboxylic acids is 1. The van der Waals surface area contributed by atoms with Gasteiger partial charge in [0, 0.05) is 26.1 Å². The first-order valence-electron chi connectivity index (χ1n) is 8.52. The normalized spacial score (nSPS) is 23.2. The van der Waals surface area contributed by atoms with Crippen LogP contribution in [0.15, 0.2) is 24.3 Å². The zero-order valence-electron chi connectivity index (χ0n) is 14.6. The van der Waals surface area contributed by atoms with Crippen molar-refractivity contribution in [2.45, 2.75) is 19.1 Å². The van der Waals surface area contributed by atoms with E-state index < -0.39 is 18.0 Å². The minimum absolute atomic E-state index is 0.0251. The van der Waals surface area contributed by atoms with Gasteiger partial charge in [0.1, 0.15) is 5.75 Å². The molecule has 1 aromatic carbocycles. The van der Waals surface area contributed by atoms with Gasteiger partial charge in [0.05, 0.1) is 26.2 Å². The standard InChI is InChI=1S/C18H22N2O6/c1-25-14-4-2-12(3-5-14)9-20-10-13(8-16(20)21)17(22)19-6-7-26-15(11-19)18(23)24/h2-5,13,15H,6-11H2,1H3,(H,23,24). The smallest absolute Gasteiger partial charge is 0.334 e. The minimum atomic E-state index is -1.08. The summed E-state index contributed by atoms with van der Waals surface area (Å²) in [6.07, 6.45) is -0.843. The number of nitrogens with zero attached hydrogens (tertiary/aromatic N) is 2. The molecule has 2 saturated heterocycles. The lowest BCUT2D eigenvalue weighted by molar-refractivity contribution is -0.160. The average molecular weight is 362 g/mol. The Balaban J connectivity index is 1.59. The Kier molecular flexibility index (Phi) is 5.41. The molecule has 1 N–H and O–H groups in total. The highest BCUT2D eigenvalue weighted by molar-refractivity contribution is 5.89. The number of likely N-dealkylation sites (tertiary alicyclic amines) is 1. The lowest BCUT2D eigenvalue weighted by Gasteiger charge is -2.32. The van der Waals surface area contributed by atoms with Crippen LogP contribution < -0.4 is 4.74 Å². The van der Waals surface area contributed by atoms with Crippen LogP contribution in [0.3, 0.4) is 0 Å². The number of aliphatic carboxylic acids is 1. The summed E-state index contributed by atoms with van der Waals surface area (Å²) in [7, 11) is 1.59. The van der Waals surface area contributed by atoms with Crippen molar-refractivity contribution in [1.82, 2.24) is 9.80 Å². The fourth-order valence-corrected chi connectivity index (χ4v) is 3.30. The molecule has 8 heteroatoms. The molecule has 0 radical (unpaired) electrons. The lowest BCUT2D eigenvalue weighted by Crippen LogP contribution is -2.50.